The van der Waals surface area contributed by atoms with Crippen LogP contribution in [-0.4, -0.2) is 53.7 Å². The average molecular weight is 369 g/mol. The van der Waals surface area contributed by atoms with Crippen LogP contribution in [0.3, 0.4) is 0 Å². The zero-order chi connectivity index (χ0) is 19.4. The van der Waals surface area contributed by atoms with Crippen LogP contribution in [-0.2, 0) is 4.79 Å². The molecular formula is C20H20FN3O3. The molecule has 0 aliphatic carbocycles. The van der Waals surface area contributed by atoms with Gasteiger partial charge in [0, 0.05) is 49.9 Å². The lowest BCUT2D eigenvalue weighted by atomic mass is 10.1. The number of carbonyl (C=O) groups is 3. The number of nitrogens with one attached hydrogen (secondary N) is 1. The van der Waals surface area contributed by atoms with Gasteiger partial charge in [-0.3, -0.25) is 14.4 Å². The van der Waals surface area contributed by atoms with Gasteiger partial charge in [-0.25, -0.2) is 4.39 Å². The molecule has 2 aromatic rings. The zero-order valence-electron chi connectivity index (χ0n) is 14.9. The van der Waals surface area contributed by atoms with E-state index >= 15 is 0 Å². The van der Waals surface area contributed by atoms with E-state index in [-0.39, 0.29) is 17.7 Å². The van der Waals surface area contributed by atoms with Gasteiger partial charge in [0.05, 0.1) is 0 Å². The number of rotatable bonds is 3. The smallest absolute Gasteiger partial charge is 0.255 e. The standard InChI is InChI=1S/C20H20FN3O3/c1-14(25)23-9-11-24(12-10-23)20(27)16-3-2-4-18(13-16)22-19(26)15-5-7-17(21)8-6-15/h2-8,13H,9-12H2,1H3,(H,22,26). The van der Waals surface area contributed by atoms with Crippen molar-refractivity contribution in [2.45, 2.75) is 6.92 Å². The van der Waals surface area contributed by atoms with Crippen molar-refractivity contribution in [3.8, 4) is 0 Å². The topological polar surface area (TPSA) is 69.7 Å². The summed E-state index contributed by atoms with van der Waals surface area (Å²) in [7, 11) is 0. The molecule has 0 atom stereocenters. The minimum absolute atomic E-state index is 0.00704. The van der Waals surface area contributed by atoms with Gasteiger partial charge in [0.25, 0.3) is 11.8 Å². The van der Waals surface area contributed by atoms with Crippen LogP contribution < -0.4 is 5.32 Å². The van der Waals surface area contributed by atoms with E-state index in [1.807, 2.05) is 0 Å². The molecule has 0 spiro atoms. The number of carbonyl (C=O) groups excluding carboxylic acids is 3. The van der Waals surface area contributed by atoms with Gasteiger partial charge in [0.1, 0.15) is 5.82 Å². The molecule has 0 bridgehead atoms. The van der Waals surface area contributed by atoms with Crippen molar-refractivity contribution in [3.63, 3.8) is 0 Å². The highest BCUT2D eigenvalue weighted by atomic mass is 19.1. The summed E-state index contributed by atoms with van der Waals surface area (Å²) in [5.41, 5.74) is 1.27. The van der Waals surface area contributed by atoms with Crippen LogP contribution in [0.25, 0.3) is 0 Å². The fraction of sp³-hybridized carbons (Fsp3) is 0.250. The van der Waals surface area contributed by atoms with Gasteiger partial charge in [0.2, 0.25) is 5.91 Å². The molecule has 1 fully saturated rings. The minimum Gasteiger partial charge on any atom is -0.339 e. The van der Waals surface area contributed by atoms with Crippen molar-refractivity contribution < 1.29 is 18.8 Å². The Bertz CT molecular complexity index is 859. The molecule has 2 aromatic carbocycles. The summed E-state index contributed by atoms with van der Waals surface area (Å²) in [5, 5.41) is 2.71. The lowest BCUT2D eigenvalue weighted by Gasteiger charge is -2.34. The minimum atomic E-state index is -0.413. The van der Waals surface area contributed by atoms with Crippen LogP contribution in [0.15, 0.2) is 48.5 Å². The first-order valence-electron chi connectivity index (χ1n) is 8.66. The van der Waals surface area contributed by atoms with Crippen LogP contribution in [0.4, 0.5) is 10.1 Å². The summed E-state index contributed by atoms with van der Waals surface area (Å²) in [6, 6.07) is 11.9. The highest BCUT2D eigenvalue weighted by Gasteiger charge is 2.23. The molecule has 0 aromatic heterocycles. The van der Waals surface area contributed by atoms with Gasteiger partial charge in [-0.15, -0.1) is 0 Å². The third kappa shape index (κ3) is 4.49. The quantitative estimate of drug-likeness (QED) is 0.903. The molecule has 140 valence electrons. The maximum Gasteiger partial charge on any atom is 0.255 e. The summed E-state index contributed by atoms with van der Waals surface area (Å²) in [4.78, 5) is 39.7. The highest BCUT2D eigenvalue weighted by molar-refractivity contribution is 6.05. The second-order valence-corrected chi connectivity index (χ2v) is 6.34. The van der Waals surface area contributed by atoms with Crippen molar-refractivity contribution in [3.05, 3.63) is 65.5 Å². The molecule has 3 amide bonds. The summed E-state index contributed by atoms with van der Waals surface area (Å²) in [6.07, 6.45) is 0. The van der Waals surface area contributed by atoms with Crippen LogP contribution in [0.5, 0.6) is 0 Å². The Balaban J connectivity index is 1.66. The van der Waals surface area contributed by atoms with Gasteiger partial charge in [-0.2, -0.15) is 0 Å². The molecule has 7 heteroatoms. The normalized spacial score (nSPS) is 14.0. The van der Waals surface area contributed by atoms with Crippen molar-refractivity contribution in [1.29, 1.82) is 0 Å². The Morgan fingerprint density at radius 3 is 2.15 bits per heavy atom. The van der Waals surface area contributed by atoms with Crippen LogP contribution in [0.1, 0.15) is 27.6 Å². The van der Waals surface area contributed by atoms with E-state index in [9.17, 15) is 18.8 Å². The molecule has 1 N–H and O–H groups in total. The Labute approximate surface area is 156 Å². The monoisotopic (exact) mass is 369 g/mol. The average Bonchev–Trinajstić information content (AvgIpc) is 2.68. The Hall–Kier alpha value is -3.22. The summed E-state index contributed by atoms with van der Waals surface area (Å²) in [6.45, 7) is 3.50. The molecule has 0 unspecified atom stereocenters. The van der Waals surface area contributed by atoms with Crippen LogP contribution >= 0.6 is 0 Å². The number of benzene rings is 2. The van der Waals surface area contributed by atoms with Gasteiger partial charge in [-0.1, -0.05) is 6.07 Å². The molecule has 27 heavy (non-hydrogen) atoms. The van der Waals surface area contributed by atoms with Crippen LogP contribution in [0, 0.1) is 5.82 Å². The molecule has 1 heterocycles. The number of halogens is 1. The lowest BCUT2D eigenvalue weighted by molar-refractivity contribution is -0.130. The number of hydrogen-bond acceptors (Lipinski definition) is 3. The van der Waals surface area contributed by atoms with Gasteiger partial charge in [-0.05, 0) is 42.5 Å². The number of piperazine rings is 1. The van der Waals surface area contributed by atoms with E-state index in [4.69, 9.17) is 0 Å². The molecular weight excluding hydrogens is 349 g/mol. The maximum atomic E-state index is 13.0. The van der Waals surface area contributed by atoms with E-state index in [1.54, 1.807) is 34.1 Å². The Morgan fingerprint density at radius 1 is 0.889 bits per heavy atom. The van der Waals surface area contributed by atoms with Gasteiger partial charge in [0.15, 0.2) is 0 Å². The van der Waals surface area contributed by atoms with Crippen molar-refractivity contribution in [1.82, 2.24) is 9.80 Å². The first kappa shape index (κ1) is 18.6. The van der Waals surface area contributed by atoms with Gasteiger partial charge >= 0.3 is 0 Å². The second kappa shape index (κ2) is 7.99. The molecule has 3 rings (SSSR count). The van der Waals surface area contributed by atoms with Crippen molar-refractivity contribution in [2.75, 3.05) is 31.5 Å². The summed E-state index contributed by atoms with van der Waals surface area (Å²) >= 11 is 0. The van der Waals surface area contributed by atoms with Crippen molar-refractivity contribution >= 4 is 23.4 Å². The van der Waals surface area contributed by atoms with E-state index in [1.165, 1.54) is 31.2 Å². The third-order valence-corrected chi connectivity index (χ3v) is 4.49. The molecule has 6 nitrogen and oxygen atoms in total. The number of amides is 3. The largest absolute Gasteiger partial charge is 0.339 e. The molecule has 1 aliphatic heterocycles. The predicted molar refractivity (Wildman–Crippen MR) is 99.0 cm³/mol. The Kier molecular flexibility index (Phi) is 5.49. The molecule has 0 radical (unpaired) electrons. The van der Waals surface area contributed by atoms with Crippen molar-refractivity contribution in [2.24, 2.45) is 0 Å². The second-order valence-electron chi connectivity index (χ2n) is 6.34. The van der Waals surface area contributed by atoms with E-state index in [0.717, 1.165) is 0 Å². The summed E-state index contributed by atoms with van der Waals surface area (Å²) < 4.78 is 13.0. The molecule has 1 saturated heterocycles. The van der Waals surface area contributed by atoms with E-state index in [0.29, 0.717) is 43.0 Å². The summed E-state index contributed by atoms with van der Waals surface area (Å²) in [5.74, 6) is -0.928. The Morgan fingerprint density at radius 2 is 1.52 bits per heavy atom. The molecule has 1 aliphatic rings. The number of anilines is 1. The third-order valence-electron chi connectivity index (χ3n) is 4.49. The first-order valence-corrected chi connectivity index (χ1v) is 8.66. The van der Waals surface area contributed by atoms with Crippen LogP contribution in [0.2, 0.25) is 0 Å². The number of hydrogen-bond donors (Lipinski definition) is 1. The predicted octanol–water partition coefficient (Wildman–Crippen LogP) is 2.38. The lowest BCUT2D eigenvalue weighted by Crippen LogP contribution is -2.50. The van der Waals surface area contributed by atoms with Gasteiger partial charge < -0.3 is 15.1 Å². The highest BCUT2D eigenvalue weighted by Crippen LogP contribution is 2.16. The first-order chi connectivity index (χ1) is 12.9. The fourth-order valence-corrected chi connectivity index (χ4v) is 2.94. The number of nitrogens with zero attached hydrogens (tertiary/aromatic N) is 2. The van der Waals surface area contributed by atoms with E-state index < -0.39 is 5.82 Å². The SMILES string of the molecule is CC(=O)N1CCN(C(=O)c2cccc(NC(=O)c3ccc(F)cc3)c2)CC1. The molecule has 0 saturated carbocycles. The fourth-order valence-electron chi connectivity index (χ4n) is 2.94. The zero-order valence-corrected chi connectivity index (χ0v) is 14.9. The maximum absolute atomic E-state index is 13.0. The van der Waals surface area contributed by atoms with E-state index in [2.05, 4.69) is 5.32 Å².